The molecule has 0 unspecified atom stereocenters. The van der Waals surface area contributed by atoms with Crippen LogP contribution in [0.5, 0.6) is 0 Å². The minimum absolute atomic E-state index is 0.0574. The Morgan fingerprint density at radius 3 is 2.67 bits per heavy atom. The van der Waals surface area contributed by atoms with E-state index in [-0.39, 0.29) is 11.7 Å². The number of nitrogens with zero attached hydrogens (tertiary/aromatic N) is 3. The number of non-ortho nitro benzene ring substituents is 1. The molecule has 0 bridgehead atoms. The van der Waals surface area contributed by atoms with Crippen molar-refractivity contribution in [1.29, 1.82) is 5.26 Å². The lowest BCUT2D eigenvalue weighted by atomic mass is 10.1. The lowest BCUT2D eigenvalue weighted by Gasteiger charge is -2.23. The monoisotopic (exact) mass is 311 g/mol. The maximum Gasteiger partial charge on any atom is 0.270 e. The van der Waals surface area contributed by atoms with Crippen molar-refractivity contribution in [2.24, 2.45) is 0 Å². The largest absolute Gasteiger partial charge is 0.284 e. The first kappa shape index (κ1) is 14.6. The van der Waals surface area contributed by atoms with Gasteiger partial charge in [0.05, 0.1) is 17.5 Å². The van der Waals surface area contributed by atoms with Crippen molar-refractivity contribution < 1.29 is 4.92 Å². The molecule has 96 valence electrons. The molecule has 0 N–H and O–H groups in total. The summed E-state index contributed by atoms with van der Waals surface area (Å²) in [6.07, 6.45) is 0. The molecule has 0 fully saturated rings. The van der Waals surface area contributed by atoms with E-state index in [1.807, 2.05) is 18.7 Å². The van der Waals surface area contributed by atoms with Crippen LogP contribution in [0.4, 0.5) is 5.69 Å². The van der Waals surface area contributed by atoms with Crippen molar-refractivity contribution in [2.45, 2.75) is 26.4 Å². The first-order valence-corrected chi connectivity index (χ1v) is 6.28. The molecule has 1 rings (SSSR count). The van der Waals surface area contributed by atoms with Gasteiger partial charge in [-0.15, -0.1) is 0 Å². The van der Waals surface area contributed by atoms with Crippen molar-refractivity contribution in [2.75, 3.05) is 6.54 Å². The van der Waals surface area contributed by atoms with Gasteiger partial charge in [-0.3, -0.25) is 15.0 Å². The Hall–Kier alpha value is -1.45. The molecule has 1 aromatic rings. The highest BCUT2D eigenvalue weighted by Crippen LogP contribution is 2.24. The van der Waals surface area contributed by atoms with Gasteiger partial charge in [0.1, 0.15) is 0 Å². The maximum atomic E-state index is 10.6. The van der Waals surface area contributed by atoms with E-state index >= 15 is 0 Å². The molecular weight excluding hydrogens is 298 g/mol. The Kier molecular flexibility index (Phi) is 5.25. The molecule has 0 atom stereocenters. The van der Waals surface area contributed by atoms with Crippen LogP contribution in [-0.4, -0.2) is 22.4 Å². The van der Waals surface area contributed by atoms with E-state index in [1.165, 1.54) is 12.1 Å². The fraction of sp³-hybridized carbons (Fsp3) is 0.417. The minimum atomic E-state index is -0.427. The Balaban J connectivity index is 2.91. The zero-order valence-electron chi connectivity index (χ0n) is 10.3. The number of nitro benzene ring substituents is 1. The summed E-state index contributed by atoms with van der Waals surface area (Å²) < 4.78 is 0.695. The van der Waals surface area contributed by atoms with Crippen molar-refractivity contribution in [1.82, 2.24) is 4.90 Å². The molecule has 0 spiro atoms. The first-order valence-electron chi connectivity index (χ1n) is 5.49. The van der Waals surface area contributed by atoms with Crippen molar-refractivity contribution in [3.8, 4) is 6.07 Å². The van der Waals surface area contributed by atoms with E-state index in [1.54, 1.807) is 6.07 Å². The number of nitriles is 1. The zero-order valence-corrected chi connectivity index (χ0v) is 11.8. The molecule has 0 radical (unpaired) electrons. The van der Waals surface area contributed by atoms with Gasteiger partial charge in [0.25, 0.3) is 5.69 Å². The third-order valence-corrected chi connectivity index (χ3v) is 3.36. The van der Waals surface area contributed by atoms with Crippen LogP contribution in [0.2, 0.25) is 0 Å². The predicted molar refractivity (Wildman–Crippen MR) is 72.0 cm³/mol. The summed E-state index contributed by atoms with van der Waals surface area (Å²) >= 11 is 3.33. The fourth-order valence-electron chi connectivity index (χ4n) is 1.51. The molecule has 5 nitrogen and oxygen atoms in total. The average Bonchev–Trinajstić information content (AvgIpc) is 2.30. The molecule has 0 saturated carbocycles. The molecule has 0 heterocycles. The summed E-state index contributed by atoms with van der Waals surface area (Å²) in [6, 6.07) is 7.04. The van der Waals surface area contributed by atoms with E-state index in [0.717, 1.165) is 5.56 Å². The number of halogens is 1. The van der Waals surface area contributed by atoms with Crippen LogP contribution in [0.15, 0.2) is 22.7 Å². The highest BCUT2D eigenvalue weighted by atomic mass is 79.9. The molecule has 18 heavy (non-hydrogen) atoms. The molecule has 6 heteroatoms. The number of hydrogen-bond acceptors (Lipinski definition) is 4. The molecule has 0 aromatic heterocycles. The second-order valence-corrected chi connectivity index (χ2v) is 5.04. The number of benzene rings is 1. The minimum Gasteiger partial charge on any atom is -0.284 e. The van der Waals surface area contributed by atoms with E-state index in [9.17, 15) is 10.1 Å². The van der Waals surface area contributed by atoms with Gasteiger partial charge in [0.2, 0.25) is 0 Å². The predicted octanol–water partition coefficient (Wildman–Crippen LogP) is 3.09. The van der Waals surface area contributed by atoms with E-state index < -0.39 is 4.92 Å². The Bertz CT molecular complexity index is 483. The number of hydrogen-bond donors (Lipinski definition) is 0. The van der Waals surface area contributed by atoms with Crippen LogP contribution < -0.4 is 0 Å². The Labute approximate surface area is 114 Å². The lowest BCUT2D eigenvalue weighted by Crippen LogP contribution is -2.30. The molecule has 1 aromatic carbocycles. The van der Waals surface area contributed by atoms with Gasteiger partial charge in [-0.05, 0) is 25.5 Å². The lowest BCUT2D eigenvalue weighted by molar-refractivity contribution is -0.384. The van der Waals surface area contributed by atoms with E-state index in [2.05, 4.69) is 22.0 Å². The highest BCUT2D eigenvalue weighted by molar-refractivity contribution is 9.10. The van der Waals surface area contributed by atoms with Gasteiger partial charge < -0.3 is 0 Å². The van der Waals surface area contributed by atoms with Gasteiger partial charge in [0.15, 0.2) is 0 Å². The van der Waals surface area contributed by atoms with Crippen LogP contribution in [0.25, 0.3) is 0 Å². The summed E-state index contributed by atoms with van der Waals surface area (Å²) in [4.78, 5) is 12.2. The Morgan fingerprint density at radius 1 is 1.56 bits per heavy atom. The second-order valence-electron chi connectivity index (χ2n) is 4.19. The number of nitro groups is 1. The van der Waals surface area contributed by atoms with Crippen LogP contribution in [0.1, 0.15) is 19.4 Å². The zero-order chi connectivity index (χ0) is 13.7. The normalized spacial score (nSPS) is 10.7. The van der Waals surface area contributed by atoms with Crippen molar-refractivity contribution in [3.05, 3.63) is 38.3 Å². The van der Waals surface area contributed by atoms with Gasteiger partial charge in [-0.2, -0.15) is 5.26 Å². The SMILES string of the molecule is CC(C)N(CC#N)Cc1ccc([N+](=O)[O-])cc1Br. The summed E-state index contributed by atoms with van der Waals surface area (Å²) in [6.45, 7) is 4.94. The fourth-order valence-corrected chi connectivity index (χ4v) is 2.00. The van der Waals surface area contributed by atoms with Crippen LogP contribution >= 0.6 is 15.9 Å². The molecule has 0 aliphatic carbocycles. The van der Waals surface area contributed by atoms with E-state index in [0.29, 0.717) is 17.6 Å². The third kappa shape index (κ3) is 3.79. The second kappa shape index (κ2) is 6.47. The van der Waals surface area contributed by atoms with Gasteiger partial charge >= 0.3 is 0 Å². The standard InChI is InChI=1S/C12H14BrN3O2/c1-9(2)15(6-5-14)8-10-3-4-11(16(17)18)7-12(10)13/h3-4,7,9H,6,8H2,1-2H3. The van der Waals surface area contributed by atoms with Gasteiger partial charge in [-0.1, -0.05) is 15.9 Å². The highest BCUT2D eigenvalue weighted by Gasteiger charge is 2.14. The average molecular weight is 312 g/mol. The van der Waals surface area contributed by atoms with Crippen LogP contribution in [0.3, 0.4) is 0 Å². The van der Waals surface area contributed by atoms with E-state index in [4.69, 9.17) is 5.26 Å². The quantitative estimate of drug-likeness (QED) is 0.476. The van der Waals surface area contributed by atoms with Crippen molar-refractivity contribution >= 4 is 21.6 Å². The number of rotatable bonds is 5. The van der Waals surface area contributed by atoms with Crippen molar-refractivity contribution in [3.63, 3.8) is 0 Å². The molecule has 0 aliphatic heterocycles. The first-order chi connectivity index (χ1) is 8.45. The molecular formula is C12H14BrN3O2. The smallest absolute Gasteiger partial charge is 0.270 e. The summed E-state index contributed by atoms with van der Waals surface area (Å²) in [5.41, 5.74) is 0.992. The summed E-state index contributed by atoms with van der Waals surface area (Å²) in [5, 5.41) is 19.4. The van der Waals surface area contributed by atoms with Gasteiger partial charge in [-0.25, -0.2) is 0 Å². The molecule has 0 amide bonds. The third-order valence-electron chi connectivity index (χ3n) is 2.63. The van der Waals surface area contributed by atoms with Crippen LogP contribution in [-0.2, 0) is 6.54 Å². The maximum absolute atomic E-state index is 10.6. The van der Waals surface area contributed by atoms with Crippen LogP contribution in [0, 0.1) is 21.4 Å². The Morgan fingerprint density at radius 2 is 2.22 bits per heavy atom. The summed E-state index contributed by atoms with van der Waals surface area (Å²) in [7, 11) is 0. The summed E-state index contributed by atoms with van der Waals surface area (Å²) in [5.74, 6) is 0. The molecule has 0 saturated heterocycles. The van der Waals surface area contributed by atoms with Gasteiger partial charge in [0, 0.05) is 29.2 Å². The molecule has 0 aliphatic rings. The topological polar surface area (TPSA) is 70.2 Å².